The molecule has 0 spiro atoms. The number of hydrogen-bond acceptors (Lipinski definition) is 3. The first-order chi connectivity index (χ1) is 7.80. The third kappa shape index (κ3) is 4.89. The van der Waals surface area contributed by atoms with Crippen LogP contribution in [-0.4, -0.2) is 13.7 Å². The van der Waals surface area contributed by atoms with Crippen molar-refractivity contribution in [3.05, 3.63) is 35.4 Å². The molecule has 1 aromatic carbocycles. The van der Waals surface area contributed by atoms with Crippen LogP contribution >= 0.6 is 24.5 Å². The summed E-state index contributed by atoms with van der Waals surface area (Å²) in [6.07, 6.45) is 0. The third-order valence-electron chi connectivity index (χ3n) is 1.87. The first kappa shape index (κ1) is 14.1. The zero-order valence-electron chi connectivity index (χ0n) is 9.48. The number of rotatable bonds is 7. The summed E-state index contributed by atoms with van der Waals surface area (Å²) in [7, 11) is 0.386. The predicted molar refractivity (Wildman–Crippen MR) is 69.4 cm³/mol. The van der Waals surface area contributed by atoms with Crippen LogP contribution in [0.1, 0.15) is 18.1 Å². The van der Waals surface area contributed by atoms with E-state index in [1.807, 2.05) is 19.1 Å². The highest BCUT2D eigenvalue weighted by Crippen LogP contribution is 2.39. The Kier molecular flexibility index (Phi) is 7.17. The lowest BCUT2D eigenvalue weighted by Gasteiger charge is -2.13. The Hall–Kier alpha value is 0.0100. The van der Waals surface area contributed by atoms with Gasteiger partial charge in [0.25, 0.3) is 0 Å². The molecule has 0 saturated carbocycles. The van der Waals surface area contributed by atoms with Gasteiger partial charge in [-0.25, -0.2) is 0 Å². The molecule has 0 bridgehead atoms. The van der Waals surface area contributed by atoms with Gasteiger partial charge in [0.15, 0.2) is 0 Å². The van der Waals surface area contributed by atoms with E-state index in [9.17, 15) is 0 Å². The zero-order chi connectivity index (χ0) is 11.8. The van der Waals surface area contributed by atoms with Crippen LogP contribution in [0.25, 0.3) is 0 Å². The summed E-state index contributed by atoms with van der Waals surface area (Å²) in [6, 6.07) is 8.22. The Morgan fingerprint density at radius 1 is 1.25 bits per heavy atom. The predicted octanol–water partition coefficient (Wildman–Crippen LogP) is 4.01. The molecule has 1 atom stereocenters. The summed E-state index contributed by atoms with van der Waals surface area (Å²) in [5.74, 6) is 0. The lowest BCUT2D eigenvalue weighted by Crippen LogP contribution is -1.94. The maximum absolute atomic E-state index is 5.52. The van der Waals surface area contributed by atoms with Crippen LogP contribution in [0.5, 0.6) is 0 Å². The van der Waals surface area contributed by atoms with Crippen LogP contribution in [-0.2, 0) is 25.5 Å². The fourth-order valence-electron chi connectivity index (χ4n) is 1.18. The second-order valence-electron chi connectivity index (χ2n) is 3.05. The standard InChI is InChI=1S/C11H16BrO3P/c1-3-14-16(13-2)15-9-11-6-4-5-10(7-11)8-12/h4-7H,3,8-9H2,1-2H3. The van der Waals surface area contributed by atoms with Crippen LogP contribution in [0.15, 0.2) is 24.3 Å². The number of hydrogen-bond donors (Lipinski definition) is 0. The van der Waals surface area contributed by atoms with Crippen molar-refractivity contribution in [3.63, 3.8) is 0 Å². The average molecular weight is 307 g/mol. The van der Waals surface area contributed by atoms with Gasteiger partial charge in [-0.15, -0.1) is 0 Å². The van der Waals surface area contributed by atoms with Crippen LogP contribution in [0.2, 0.25) is 0 Å². The molecule has 0 aromatic heterocycles. The van der Waals surface area contributed by atoms with Gasteiger partial charge in [-0.2, -0.15) is 0 Å². The third-order valence-corrected chi connectivity index (χ3v) is 3.62. The Morgan fingerprint density at radius 3 is 2.62 bits per heavy atom. The molecule has 5 heteroatoms. The molecule has 3 nitrogen and oxygen atoms in total. The van der Waals surface area contributed by atoms with Gasteiger partial charge in [0.2, 0.25) is 0 Å². The summed E-state index contributed by atoms with van der Waals surface area (Å²) in [5.41, 5.74) is 2.36. The van der Waals surface area contributed by atoms with E-state index in [1.165, 1.54) is 5.56 Å². The largest absolute Gasteiger partial charge is 0.332 e. The van der Waals surface area contributed by atoms with Gasteiger partial charge in [-0.05, 0) is 18.1 Å². The molecular weight excluding hydrogens is 291 g/mol. The molecular formula is C11H16BrO3P. The van der Waals surface area contributed by atoms with Gasteiger partial charge >= 0.3 is 8.60 Å². The Labute approximate surface area is 106 Å². The van der Waals surface area contributed by atoms with Crippen molar-refractivity contribution in [2.24, 2.45) is 0 Å². The fourth-order valence-corrected chi connectivity index (χ4v) is 2.28. The van der Waals surface area contributed by atoms with Crippen molar-refractivity contribution < 1.29 is 13.6 Å². The van der Waals surface area contributed by atoms with E-state index in [1.54, 1.807) is 7.11 Å². The number of halogens is 1. The highest BCUT2D eigenvalue weighted by Gasteiger charge is 2.09. The van der Waals surface area contributed by atoms with Crippen LogP contribution in [0.3, 0.4) is 0 Å². The molecule has 0 heterocycles. The fraction of sp³-hybridized carbons (Fsp3) is 0.455. The summed E-state index contributed by atoms with van der Waals surface area (Å²) >= 11 is 3.42. The minimum atomic E-state index is -1.21. The molecule has 1 rings (SSSR count). The molecule has 1 unspecified atom stereocenters. The molecule has 0 N–H and O–H groups in total. The minimum Gasteiger partial charge on any atom is -0.316 e. The summed E-state index contributed by atoms with van der Waals surface area (Å²) < 4.78 is 15.9. The first-order valence-corrected chi connectivity index (χ1v) is 7.25. The summed E-state index contributed by atoms with van der Waals surface area (Å²) in [5, 5.41) is 0.853. The van der Waals surface area contributed by atoms with Gasteiger partial charge in [-0.1, -0.05) is 40.2 Å². The monoisotopic (exact) mass is 306 g/mol. The molecule has 0 fully saturated rings. The average Bonchev–Trinajstić information content (AvgIpc) is 2.34. The first-order valence-electron chi connectivity index (χ1n) is 5.04. The van der Waals surface area contributed by atoms with Gasteiger partial charge < -0.3 is 13.6 Å². The van der Waals surface area contributed by atoms with E-state index in [0.717, 1.165) is 10.9 Å². The van der Waals surface area contributed by atoms with Crippen molar-refractivity contribution in [1.29, 1.82) is 0 Å². The second-order valence-corrected chi connectivity index (χ2v) is 4.94. The molecule has 0 aliphatic carbocycles. The highest BCUT2D eigenvalue weighted by molar-refractivity contribution is 9.08. The zero-order valence-corrected chi connectivity index (χ0v) is 12.0. The molecule has 1 aromatic rings. The minimum absolute atomic E-state index is 0.514. The molecule has 16 heavy (non-hydrogen) atoms. The smallest absolute Gasteiger partial charge is 0.316 e. The van der Waals surface area contributed by atoms with Crippen LogP contribution in [0.4, 0.5) is 0 Å². The van der Waals surface area contributed by atoms with Crippen molar-refractivity contribution in [2.75, 3.05) is 13.7 Å². The van der Waals surface area contributed by atoms with E-state index < -0.39 is 8.60 Å². The Bertz CT molecular complexity index is 309. The normalized spacial score (nSPS) is 12.7. The second kappa shape index (κ2) is 8.15. The number of benzene rings is 1. The van der Waals surface area contributed by atoms with E-state index in [2.05, 4.69) is 28.1 Å². The van der Waals surface area contributed by atoms with Crippen LogP contribution in [0, 0.1) is 0 Å². The van der Waals surface area contributed by atoms with Crippen molar-refractivity contribution in [1.82, 2.24) is 0 Å². The van der Waals surface area contributed by atoms with Gasteiger partial charge in [0, 0.05) is 12.4 Å². The maximum Gasteiger partial charge on any atom is 0.332 e. The molecule has 90 valence electrons. The van der Waals surface area contributed by atoms with E-state index in [-0.39, 0.29) is 0 Å². The van der Waals surface area contributed by atoms with Crippen molar-refractivity contribution in [3.8, 4) is 0 Å². The topological polar surface area (TPSA) is 27.7 Å². The van der Waals surface area contributed by atoms with Gasteiger partial charge in [0.1, 0.15) is 0 Å². The molecule has 0 saturated heterocycles. The Morgan fingerprint density at radius 2 is 2.00 bits per heavy atom. The number of alkyl halides is 1. The van der Waals surface area contributed by atoms with E-state index in [4.69, 9.17) is 13.6 Å². The van der Waals surface area contributed by atoms with Gasteiger partial charge in [-0.3, -0.25) is 0 Å². The van der Waals surface area contributed by atoms with Crippen molar-refractivity contribution in [2.45, 2.75) is 18.9 Å². The lowest BCUT2D eigenvalue weighted by molar-refractivity contribution is 0.180. The van der Waals surface area contributed by atoms with Crippen LogP contribution < -0.4 is 0 Å². The quantitative estimate of drug-likeness (QED) is 0.563. The van der Waals surface area contributed by atoms with Gasteiger partial charge in [0.05, 0.1) is 13.2 Å². The molecule has 0 aliphatic heterocycles. The lowest BCUT2D eigenvalue weighted by atomic mass is 10.1. The molecule has 0 radical (unpaired) electrons. The maximum atomic E-state index is 5.52. The molecule has 0 amide bonds. The van der Waals surface area contributed by atoms with E-state index >= 15 is 0 Å². The summed E-state index contributed by atoms with van der Waals surface area (Å²) in [6.45, 7) is 3.03. The molecule has 0 aliphatic rings. The highest BCUT2D eigenvalue weighted by atomic mass is 79.9. The SMILES string of the molecule is CCOP(OC)OCc1cccc(CBr)c1. The van der Waals surface area contributed by atoms with E-state index in [0.29, 0.717) is 13.2 Å². The Balaban J connectivity index is 2.46. The summed E-state index contributed by atoms with van der Waals surface area (Å²) in [4.78, 5) is 0. The van der Waals surface area contributed by atoms with Crippen molar-refractivity contribution >= 4 is 24.5 Å².